The Kier molecular flexibility index (Phi) is 2.65. The molecule has 1 fully saturated rings. The van der Waals surface area contributed by atoms with Crippen molar-refractivity contribution < 1.29 is 4.74 Å². The third kappa shape index (κ3) is 2.11. The molecular weight excluding hydrogens is 210 g/mol. The lowest BCUT2D eigenvalue weighted by Crippen LogP contribution is -2.25. The van der Waals surface area contributed by atoms with E-state index in [9.17, 15) is 0 Å². The van der Waals surface area contributed by atoms with E-state index in [2.05, 4.69) is 6.92 Å². The molecule has 0 atom stereocenters. The van der Waals surface area contributed by atoms with Crippen molar-refractivity contribution in [1.29, 1.82) is 0 Å². The Labute approximate surface area is 95.4 Å². The molecule has 1 aromatic carbocycles. The van der Waals surface area contributed by atoms with Crippen LogP contribution in [0, 0.1) is 6.92 Å². The molecule has 2 nitrogen and oxygen atoms in total. The maximum absolute atomic E-state index is 6.27. The number of hydrogen-bond donors (Lipinski definition) is 1. The second-order valence-corrected chi connectivity index (χ2v) is 4.79. The summed E-state index contributed by atoms with van der Waals surface area (Å²) in [5.74, 6) is 0.738. The van der Waals surface area contributed by atoms with Crippen molar-refractivity contribution in [3.63, 3.8) is 0 Å². The number of ether oxygens (including phenoxy) is 1. The lowest BCUT2D eigenvalue weighted by atomic mass is 9.99. The normalized spacial score (nSPS) is 17.6. The lowest BCUT2D eigenvalue weighted by Gasteiger charge is -2.15. The molecule has 0 radical (unpaired) electrons. The van der Waals surface area contributed by atoms with E-state index in [1.807, 2.05) is 12.1 Å². The van der Waals surface area contributed by atoms with Gasteiger partial charge in [0.1, 0.15) is 5.75 Å². The number of hydrogen-bond acceptors (Lipinski definition) is 2. The predicted molar refractivity (Wildman–Crippen MR) is 62.6 cm³/mol. The standard InChI is InChI=1S/C12H16ClNO/c1-8-3-4-10(15-2)11(13)9(8)7-12(14)5-6-12/h3-4H,5-7,14H2,1-2H3. The van der Waals surface area contributed by atoms with Crippen molar-refractivity contribution in [1.82, 2.24) is 0 Å². The molecule has 2 N–H and O–H groups in total. The number of rotatable bonds is 3. The maximum Gasteiger partial charge on any atom is 0.137 e. The molecule has 15 heavy (non-hydrogen) atoms. The van der Waals surface area contributed by atoms with Crippen LogP contribution in [0.5, 0.6) is 5.75 Å². The van der Waals surface area contributed by atoms with Crippen LogP contribution < -0.4 is 10.5 Å². The van der Waals surface area contributed by atoms with Gasteiger partial charge in [0, 0.05) is 5.54 Å². The first-order chi connectivity index (χ1) is 7.06. The molecule has 2 rings (SSSR count). The zero-order valence-corrected chi connectivity index (χ0v) is 9.90. The fourth-order valence-corrected chi connectivity index (χ4v) is 2.12. The molecule has 0 unspecified atom stereocenters. The van der Waals surface area contributed by atoms with Crippen LogP contribution in [0.15, 0.2) is 12.1 Å². The highest BCUT2D eigenvalue weighted by atomic mass is 35.5. The zero-order valence-electron chi connectivity index (χ0n) is 9.14. The van der Waals surface area contributed by atoms with Crippen LogP contribution in [-0.4, -0.2) is 12.6 Å². The predicted octanol–water partition coefficient (Wildman–Crippen LogP) is 2.69. The van der Waals surface area contributed by atoms with Gasteiger partial charge in [-0.3, -0.25) is 0 Å². The molecule has 0 bridgehead atoms. The van der Waals surface area contributed by atoms with Gasteiger partial charge in [-0.15, -0.1) is 0 Å². The van der Waals surface area contributed by atoms with Gasteiger partial charge < -0.3 is 10.5 Å². The minimum absolute atomic E-state index is 0.0131. The van der Waals surface area contributed by atoms with Gasteiger partial charge in [0.15, 0.2) is 0 Å². The molecule has 0 aliphatic heterocycles. The van der Waals surface area contributed by atoms with Gasteiger partial charge in [-0.2, -0.15) is 0 Å². The quantitative estimate of drug-likeness (QED) is 0.859. The highest BCUT2D eigenvalue weighted by Crippen LogP contribution is 2.40. The van der Waals surface area contributed by atoms with E-state index in [4.69, 9.17) is 22.1 Å². The van der Waals surface area contributed by atoms with E-state index in [0.717, 1.165) is 30.6 Å². The molecular formula is C12H16ClNO. The van der Waals surface area contributed by atoms with Gasteiger partial charge in [-0.05, 0) is 43.4 Å². The first-order valence-electron chi connectivity index (χ1n) is 5.16. The summed E-state index contributed by atoms with van der Waals surface area (Å²) in [5.41, 5.74) is 8.42. The molecule has 1 saturated carbocycles. The largest absolute Gasteiger partial charge is 0.495 e. The molecule has 82 valence electrons. The third-order valence-corrected chi connectivity index (χ3v) is 3.50. The Hall–Kier alpha value is -0.730. The molecule has 1 aromatic rings. The molecule has 1 aliphatic carbocycles. The molecule has 0 amide bonds. The first kappa shape index (κ1) is 10.8. The van der Waals surface area contributed by atoms with Crippen LogP contribution in [0.4, 0.5) is 0 Å². The molecule has 3 heteroatoms. The van der Waals surface area contributed by atoms with Crippen LogP contribution in [0.1, 0.15) is 24.0 Å². The van der Waals surface area contributed by atoms with Crippen LogP contribution in [0.25, 0.3) is 0 Å². The number of halogens is 1. The Morgan fingerprint density at radius 2 is 2.13 bits per heavy atom. The fourth-order valence-electron chi connectivity index (χ4n) is 1.76. The molecule has 0 saturated heterocycles. The summed E-state index contributed by atoms with van der Waals surface area (Å²) < 4.78 is 5.20. The second-order valence-electron chi connectivity index (χ2n) is 4.42. The summed E-state index contributed by atoms with van der Waals surface area (Å²) in [5, 5.41) is 0.717. The minimum Gasteiger partial charge on any atom is -0.495 e. The van der Waals surface area contributed by atoms with Crippen molar-refractivity contribution in [2.24, 2.45) is 5.73 Å². The van der Waals surface area contributed by atoms with E-state index in [-0.39, 0.29) is 5.54 Å². The summed E-state index contributed by atoms with van der Waals surface area (Å²) in [7, 11) is 1.63. The average molecular weight is 226 g/mol. The van der Waals surface area contributed by atoms with Gasteiger partial charge in [-0.1, -0.05) is 17.7 Å². The lowest BCUT2D eigenvalue weighted by molar-refractivity contribution is 0.414. The number of benzene rings is 1. The van der Waals surface area contributed by atoms with Crippen molar-refractivity contribution in [3.05, 3.63) is 28.3 Å². The monoisotopic (exact) mass is 225 g/mol. The van der Waals surface area contributed by atoms with Gasteiger partial charge >= 0.3 is 0 Å². The summed E-state index contributed by atoms with van der Waals surface area (Å²) in [4.78, 5) is 0. The summed E-state index contributed by atoms with van der Waals surface area (Å²) >= 11 is 6.27. The number of methoxy groups -OCH3 is 1. The maximum atomic E-state index is 6.27. The second kappa shape index (κ2) is 3.69. The SMILES string of the molecule is COc1ccc(C)c(CC2(N)CC2)c1Cl. The number of aryl methyl sites for hydroxylation is 1. The molecule has 0 aromatic heterocycles. The molecule has 0 heterocycles. The van der Waals surface area contributed by atoms with Gasteiger partial charge in [0.25, 0.3) is 0 Å². The van der Waals surface area contributed by atoms with Gasteiger partial charge in [0.2, 0.25) is 0 Å². The smallest absolute Gasteiger partial charge is 0.137 e. The Morgan fingerprint density at radius 1 is 1.47 bits per heavy atom. The summed E-state index contributed by atoms with van der Waals surface area (Å²) in [6.07, 6.45) is 3.05. The number of nitrogens with two attached hydrogens (primary N) is 1. The van der Waals surface area contributed by atoms with Crippen LogP contribution in [0.3, 0.4) is 0 Å². The molecule has 0 spiro atoms. The topological polar surface area (TPSA) is 35.2 Å². The first-order valence-corrected chi connectivity index (χ1v) is 5.54. The van der Waals surface area contributed by atoms with Crippen molar-refractivity contribution in [2.75, 3.05) is 7.11 Å². The van der Waals surface area contributed by atoms with Crippen LogP contribution in [-0.2, 0) is 6.42 Å². The minimum atomic E-state index is -0.0131. The Bertz CT molecular complexity index is 385. The van der Waals surface area contributed by atoms with E-state index < -0.39 is 0 Å². The van der Waals surface area contributed by atoms with Gasteiger partial charge in [0.05, 0.1) is 12.1 Å². The Morgan fingerprint density at radius 3 is 2.67 bits per heavy atom. The van der Waals surface area contributed by atoms with Crippen LogP contribution in [0.2, 0.25) is 5.02 Å². The summed E-state index contributed by atoms with van der Waals surface area (Å²) in [6, 6.07) is 3.93. The van der Waals surface area contributed by atoms with Crippen molar-refractivity contribution in [2.45, 2.75) is 31.7 Å². The van der Waals surface area contributed by atoms with E-state index >= 15 is 0 Å². The van der Waals surface area contributed by atoms with Gasteiger partial charge in [-0.25, -0.2) is 0 Å². The van der Waals surface area contributed by atoms with Crippen molar-refractivity contribution >= 4 is 11.6 Å². The van der Waals surface area contributed by atoms with E-state index in [1.165, 1.54) is 5.56 Å². The van der Waals surface area contributed by atoms with E-state index in [0.29, 0.717) is 5.02 Å². The zero-order chi connectivity index (χ0) is 11.1. The Balaban J connectivity index is 2.35. The van der Waals surface area contributed by atoms with E-state index in [1.54, 1.807) is 7.11 Å². The molecule has 1 aliphatic rings. The van der Waals surface area contributed by atoms with Crippen LogP contribution >= 0.6 is 11.6 Å². The summed E-state index contributed by atoms with van der Waals surface area (Å²) in [6.45, 7) is 2.06. The highest BCUT2D eigenvalue weighted by molar-refractivity contribution is 6.33. The fraction of sp³-hybridized carbons (Fsp3) is 0.500. The third-order valence-electron chi connectivity index (χ3n) is 3.08. The van der Waals surface area contributed by atoms with Crippen molar-refractivity contribution in [3.8, 4) is 5.75 Å². The average Bonchev–Trinajstić information content (AvgIpc) is 2.92. The highest BCUT2D eigenvalue weighted by Gasteiger charge is 2.39.